The van der Waals surface area contributed by atoms with Crippen molar-refractivity contribution in [2.45, 2.75) is 11.8 Å². The first kappa shape index (κ1) is 16.6. The Kier molecular flexibility index (Phi) is 5.28. The lowest BCUT2D eigenvalue weighted by Crippen LogP contribution is -2.27. The van der Waals surface area contributed by atoms with E-state index in [0.717, 1.165) is 11.1 Å². The Labute approximate surface area is 133 Å². The van der Waals surface area contributed by atoms with Crippen LogP contribution in [-0.4, -0.2) is 18.4 Å². The second-order valence-corrected chi connectivity index (χ2v) is 7.98. The van der Waals surface area contributed by atoms with Crippen molar-refractivity contribution in [3.8, 4) is 0 Å². The molecule has 0 aliphatic carbocycles. The molecule has 0 saturated carbocycles. The molecule has 0 aliphatic rings. The third kappa shape index (κ3) is 4.37. The maximum absolute atomic E-state index is 12.1. The fraction of sp³-hybridized carbons (Fsp3) is 0.125. The number of rotatable bonds is 6. The van der Waals surface area contributed by atoms with E-state index in [9.17, 15) is 12.6 Å². The fourth-order valence-corrected chi connectivity index (χ4v) is 4.43. The van der Waals surface area contributed by atoms with Crippen molar-refractivity contribution >= 4 is 26.6 Å². The summed E-state index contributed by atoms with van der Waals surface area (Å²) in [5, 5.41) is 0. The summed E-state index contributed by atoms with van der Waals surface area (Å²) in [6.45, 7) is 5.84. The van der Waals surface area contributed by atoms with Gasteiger partial charge in [0.25, 0.3) is 10.0 Å². The molecule has 6 heteroatoms. The second kappa shape index (κ2) is 7.00. The van der Waals surface area contributed by atoms with E-state index in [1.807, 2.05) is 31.2 Å². The Balaban J connectivity index is 2.04. The minimum absolute atomic E-state index is 0.0368. The van der Waals surface area contributed by atoms with Crippen molar-refractivity contribution < 1.29 is 12.6 Å². The summed E-state index contributed by atoms with van der Waals surface area (Å²) >= 11 is 0. The first-order valence-electron chi connectivity index (χ1n) is 6.59. The molecular weight excluding hydrogens is 318 g/mol. The maximum Gasteiger partial charge on any atom is 0.251 e. The highest BCUT2D eigenvalue weighted by Gasteiger charge is 2.17. The molecule has 2 aromatic rings. The number of aryl methyl sites for hydroxylation is 1. The minimum Gasteiger partial charge on any atom is -0.242 e. The van der Waals surface area contributed by atoms with Gasteiger partial charge < -0.3 is 0 Å². The van der Waals surface area contributed by atoms with Gasteiger partial charge in [-0.1, -0.05) is 54.6 Å². The molecule has 0 bridgehead atoms. The van der Waals surface area contributed by atoms with Crippen molar-refractivity contribution in [2.24, 2.45) is 0 Å². The molecule has 0 fully saturated rings. The largest absolute Gasteiger partial charge is 0.251 e. The van der Waals surface area contributed by atoms with Crippen LogP contribution in [0.3, 0.4) is 0 Å². The monoisotopic (exact) mass is 335 g/mol. The van der Waals surface area contributed by atoms with E-state index in [4.69, 9.17) is 0 Å². The number of benzene rings is 2. The molecule has 0 radical (unpaired) electrons. The number of hydrogen-bond acceptors (Lipinski definition) is 3. The standard InChI is InChI=1S/C16H17NO3S2/c1-13-8-10-15(11-9-13)14(2)12-21(18)17-22(19,20)16-6-4-3-5-7-16/h3-11,17H,2,12H2,1H3. The summed E-state index contributed by atoms with van der Waals surface area (Å²) in [6, 6.07) is 15.5. The van der Waals surface area contributed by atoms with E-state index in [1.165, 1.54) is 12.1 Å². The Morgan fingerprint density at radius 2 is 1.68 bits per heavy atom. The molecule has 0 aliphatic heterocycles. The topological polar surface area (TPSA) is 63.2 Å². The second-order valence-electron chi connectivity index (χ2n) is 4.86. The summed E-state index contributed by atoms with van der Waals surface area (Å²) in [7, 11) is -5.55. The molecule has 1 N–H and O–H groups in total. The number of hydrogen-bond donors (Lipinski definition) is 1. The normalized spacial score (nSPS) is 12.8. The van der Waals surface area contributed by atoms with Gasteiger partial charge in [0.05, 0.1) is 10.6 Å². The van der Waals surface area contributed by atoms with Crippen molar-refractivity contribution in [2.75, 3.05) is 5.75 Å². The molecule has 2 aromatic carbocycles. The molecule has 22 heavy (non-hydrogen) atoms. The van der Waals surface area contributed by atoms with E-state index in [-0.39, 0.29) is 10.6 Å². The zero-order valence-electron chi connectivity index (χ0n) is 12.2. The lowest BCUT2D eigenvalue weighted by Gasteiger charge is -2.09. The summed E-state index contributed by atoms with van der Waals surface area (Å²) in [6.07, 6.45) is 0. The van der Waals surface area contributed by atoms with Crippen LogP contribution in [0.15, 0.2) is 66.1 Å². The molecule has 1 atom stereocenters. The van der Waals surface area contributed by atoms with Gasteiger partial charge in [-0.3, -0.25) is 0 Å². The van der Waals surface area contributed by atoms with Gasteiger partial charge in [-0.05, 0) is 30.2 Å². The van der Waals surface area contributed by atoms with Crippen LogP contribution in [0.4, 0.5) is 0 Å². The summed E-state index contributed by atoms with van der Waals surface area (Å²) in [5.74, 6) is 0.0368. The van der Waals surface area contributed by atoms with Crippen LogP contribution in [-0.2, 0) is 21.0 Å². The van der Waals surface area contributed by atoms with E-state index in [2.05, 4.69) is 10.7 Å². The van der Waals surface area contributed by atoms with E-state index in [0.29, 0.717) is 5.57 Å². The predicted molar refractivity (Wildman–Crippen MR) is 90.0 cm³/mol. The summed E-state index contributed by atoms with van der Waals surface area (Å²) in [5.41, 5.74) is 2.58. The molecule has 0 aromatic heterocycles. The van der Waals surface area contributed by atoms with Gasteiger partial charge in [-0.15, -0.1) is 4.13 Å². The van der Waals surface area contributed by atoms with Gasteiger partial charge in [0.1, 0.15) is 11.0 Å². The quantitative estimate of drug-likeness (QED) is 0.883. The molecule has 116 valence electrons. The highest BCUT2D eigenvalue weighted by Crippen LogP contribution is 2.15. The van der Waals surface area contributed by atoms with Gasteiger partial charge in [-0.2, -0.15) is 0 Å². The number of nitrogens with one attached hydrogen (secondary N) is 1. The van der Waals surface area contributed by atoms with Gasteiger partial charge in [-0.25, -0.2) is 12.6 Å². The molecule has 2 rings (SSSR count). The average Bonchev–Trinajstić information content (AvgIpc) is 2.48. The van der Waals surface area contributed by atoms with Gasteiger partial charge in [0.15, 0.2) is 0 Å². The van der Waals surface area contributed by atoms with Crippen LogP contribution < -0.4 is 4.13 Å². The van der Waals surface area contributed by atoms with Gasteiger partial charge >= 0.3 is 0 Å². The molecule has 0 saturated heterocycles. The lowest BCUT2D eigenvalue weighted by atomic mass is 10.1. The average molecular weight is 335 g/mol. The maximum atomic E-state index is 12.1. The zero-order valence-corrected chi connectivity index (χ0v) is 13.8. The molecule has 0 spiro atoms. The van der Waals surface area contributed by atoms with Crippen LogP contribution in [0.5, 0.6) is 0 Å². The predicted octanol–water partition coefficient (Wildman–Crippen LogP) is 2.65. The highest BCUT2D eigenvalue weighted by molar-refractivity contribution is 8.02. The first-order valence-corrected chi connectivity index (χ1v) is 9.39. The van der Waals surface area contributed by atoms with Crippen LogP contribution in [0.25, 0.3) is 5.57 Å². The Bertz CT molecular complexity index is 782. The SMILES string of the molecule is C=C(CS(=O)NS(=O)(=O)c1ccccc1)c1ccc(C)cc1. The Morgan fingerprint density at radius 1 is 1.09 bits per heavy atom. The molecule has 0 heterocycles. The van der Waals surface area contributed by atoms with Crippen molar-refractivity contribution in [3.63, 3.8) is 0 Å². The smallest absolute Gasteiger partial charge is 0.242 e. The minimum atomic E-state index is -3.79. The molecule has 4 nitrogen and oxygen atoms in total. The van der Waals surface area contributed by atoms with Crippen molar-refractivity contribution in [1.29, 1.82) is 0 Å². The molecular formula is C16H17NO3S2. The zero-order chi connectivity index (χ0) is 16.2. The van der Waals surface area contributed by atoms with E-state index < -0.39 is 21.0 Å². The van der Waals surface area contributed by atoms with Crippen molar-refractivity contribution in [1.82, 2.24) is 4.13 Å². The third-order valence-electron chi connectivity index (χ3n) is 3.02. The van der Waals surface area contributed by atoms with Crippen LogP contribution >= 0.6 is 0 Å². The third-order valence-corrected chi connectivity index (χ3v) is 6.15. The van der Waals surface area contributed by atoms with Gasteiger partial charge in [0, 0.05) is 0 Å². The van der Waals surface area contributed by atoms with Crippen molar-refractivity contribution in [3.05, 3.63) is 72.3 Å². The van der Waals surface area contributed by atoms with Crippen LogP contribution in [0.2, 0.25) is 0 Å². The Hall–Kier alpha value is -1.76. The summed E-state index contributed by atoms with van der Waals surface area (Å²) < 4.78 is 38.4. The molecule has 0 amide bonds. The number of sulfonamides is 1. The summed E-state index contributed by atoms with van der Waals surface area (Å²) in [4.78, 5) is 0.0873. The first-order chi connectivity index (χ1) is 10.4. The Morgan fingerprint density at radius 3 is 2.27 bits per heavy atom. The van der Waals surface area contributed by atoms with Gasteiger partial charge in [0.2, 0.25) is 0 Å². The fourth-order valence-electron chi connectivity index (χ4n) is 1.83. The van der Waals surface area contributed by atoms with E-state index in [1.54, 1.807) is 18.2 Å². The highest BCUT2D eigenvalue weighted by atomic mass is 32.3. The molecule has 1 unspecified atom stereocenters. The van der Waals surface area contributed by atoms with Crippen LogP contribution in [0.1, 0.15) is 11.1 Å². The van der Waals surface area contributed by atoms with E-state index >= 15 is 0 Å². The van der Waals surface area contributed by atoms with Crippen LogP contribution in [0, 0.1) is 6.92 Å². The lowest BCUT2D eigenvalue weighted by molar-refractivity contribution is 0.593.